The normalized spacial score (nSPS) is 12.0. The molecule has 0 radical (unpaired) electrons. The summed E-state index contributed by atoms with van der Waals surface area (Å²) in [6.07, 6.45) is 0. The van der Waals surface area contributed by atoms with Gasteiger partial charge in [0.15, 0.2) is 4.34 Å². The van der Waals surface area contributed by atoms with Gasteiger partial charge in [0.25, 0.3) is 0 Å². The van der Waals surface area contributed by atoms with Crippen molar-refractivity contribution in [3.05, 3.63) is 71.8 Å². The topological polar surface area (TPSA) is 66.9 Å². The van der Waals surface area contributed by atoms with Crippen LogP contribution in [0.2, 0.25) is 0 Å². The molecule has 2 N–H and O–H groups in total. The lowest BCUT2D eigenvalue weighted by Gasteiger charge is -2.21. The highest BCUT2D eigenvalue weighted by atomic mass is 32.2. The molecule has 1 amide bonds. The summed E-state index contributed by atoms with van der Waals surface area (Å²) in [6, 6.07) is 19.8. The molecule has 0 saturated carbocycles. The molecule has 2 aromatic carbocycles. The summed E-state index contributed by atoms with van der Waals surface area (Å²) in [5, 5.41) is 15.0. The van der Waals surface area contributed by atoms with Crippen molar-refractivity contribution in [3.63, 3.8) is 0 Å². The zero-order chi connectivity index (χ0) is 19.1. The van der Waals surface area contributed by atoms with Crippen LogP contribution in [-0.4, -0.2) is 27.9 Å². The Morgan fingerprint density at radius 1 is 1.04 bits per heavy atom. The summed E-state index contributed by atoms with van der Waals surface area (Å²) in [4.78, 5) is 12.8. The van der Waals surface area contributed by atoms with Crippen LogP contribution >= 0.6 is 23.1 Å². The van der Waals surface area contributed by atoms with Crippen molar-refractivity contribution in [1.29, 1.82) is 0 Å². The van der Waals surface area contributed by atoms with E-state index >= 15 is 0 Å². The lowest BCUT2D eigenvalue weighted by molar-refractivity contribution is -0.120. The van der Waals surface area contributed by atoms with Crippen LogP contribution in [-0.2, 0) is 4.79 Å². The fraction of sp³-hybridized carbons (Fsp3) is 0.250. The van der Waals surface area contributed by atoms with Crippen molar-refractivity contribution in [1.82, 2.24) is 15.5 Å². The smallest absolute Gasteiger partial charge is 0.234 e. The summed E-state index contributed by atoms with van der Waals surface area (Å²) >= 11 is 2.89. The number of carbonyl (C=O) groups is 1. The molecule has 0 saturated heterocycles. The number of hydrogen-bond acceptors (Lipinski definition) is 6. The SMILES string of the molecule is CCNc1nnc(S[C@@H](C)C(=O)NC(c2ccccc2)c2ccccc2)s1. The summed E-state index contributed by atoms with van der Waals surface area (Å²) < 4.78 is 0.782. The van der Waals surface area contributed by atoms with E-state index in [0.29, 0.717) is 0 Å². The fourth-order valence-corrected chi connectivity index (χ4v) is 4.57. The van der Waals surface area contributed by atoms with Crippen LogP contribution in [0.15, 0.2) is 65.0 Å². The molecule has 0 aliphatic carbocycles. The Morgan fingerprint density at radius 2 is 1.63 bits per heavy atom. The molecule has 0 aliphatic heterocycles. The number of aromatic nitrogens is 2. The maximum Gasteiger partial charge on any atom is 0.234 e. The van der Waals surface area contributed by atoms with Crippen LogP contribution in [0, 0.1) is 0 Å². The van der Waals surface area contributed by atoms with E-state index < -0.39 is 0 Å². The summed E-state index contributed by atoms with van der Waals surface area (Å²) in [7, 11) is 0. The second kappa shape index (κ2) is 9.53. The third-order valence-electron chi connectivity index (χ3n) is 3.93. The van der Waals surface area contributed by atoms with E-state index in [1.165, 1.54) is 23.1 Å². The molecule has 0 fully saturated rings. The van der Waals surface area contributed by atoms with E-state index in [1.54, 1.807) is 0 Å². The van der Waals surface area contributed by atoms with Gasteiger partial charge in [-0.2, -0.15) is 0 Å². The zero-order valence-corrected chi connectivity index (χ0v) is 16.9. The largest absolute Gasteiger partial charge is 0.360 e. The van der Waals surface area contributed by atoms with Gasteiger partial charge in [-0.3, -0.25) is 4.79 Å². The van der Waals surface area contributed by atoms with E-state index in [1.807, 2.05) is 74.5 Å². The van der Waals surface area contributed by atoms with Gasteiger partial charge in [-0.15, -0.1) is 10.2 Å². The maximum atomic E-state index is 12.8. The van der Waals surface area contributed by atoms with Crippen molar-refractivity contribution < 1.29 is 4.79 Å². The lowest BCUT2D eigenvalue weighted by Crippen LogP contribution is -2.34. The number of thioether (sulfide) groups is 1. The minimum Gasteiger partial charge on any atom is -0.360 e. The molecule has 140 valence electrons. The van der Waals surface area contributed by atoms with Crippen LogP contribution in [0.25, 0.3) is 0 Å². The highest BCUT2D eigenvalue weighted by Gasteiger charge is 2.22. The molecule has 0 aliphatic rings. The van der Waals surface area contributed by atoms with E-state index in [2.05, 4.69) is 20.8 Å². The molecule has 0 spiro atoms. The lowest BCUT2D eigenvalue weighted by atomic mass is 9.98. The average molecular weight is 399 g/mol. The summed E-state index contributed by atoms with van der Waals surface area (Å²) in [5.41, 5.74) is 2.11. The van der Waals surface area contributed by atoms with E-state index in [4.69, 9.17) is 0 Å². The second-order valence-electron chi connectivity index (χ2n) is 5.93. The predicted molar refractivity (Wildman–Crippen MR) is 112 cm³/mol. The van der Waals surface area contributed by atoms with Gasteiger partial charge in [0.05, 0.1) is 11.3 Å². The highest BCUT2D eigenvalue weighted by Crippen LogP contribution is 2.30. The molecule has 1 aromatic heterocycles. The minimum atomic E-state index is -0.276. The van der Waals surface area contributed by atoms with Crippen LogP contribution in [0.1, 0.15) is 31.0 Å². The Hall–Kier alpha value is -2.38. The summed E-state index contributed by atoms with van der Waals surface area (Å²) in [6.45, 7) is 4.70. The number of carbonyl (C=O) groups excluding carboxylic acids is 1. The van der Waals surface area contributed by atoms with Gasteiger partial charge >= 0.3 is 0 Å². The first kappa shape index (κ1) is 19.4. The quantitative estimate of drug-likeness (QED) is 0.552. The van der Waals surface area contributed by atoms with Crippen molar-refractivity contribution in [2.24, 2.45) is 0 Å². The number of anilines is 1. The number of rotatable bonds is 8. The molecule has 5 nitrogen and oxygen atoms in total. The monoisotopic (exact) mass is 398 g/mol. The van der Waals surface area contributed by atoms with Crippen LogP contribution in [0.5, 0.6) is 0 Å². The van der Waals surface area contributed by atoms with E-state index in [0.717, 1.165) is 27.1 Å². The van der Waals surface area contributed by atoms with Crippen molar-refractivity contribution in [2.45, 2.75) is 29.5 Å². The highest BCUT2D eigenvalue weighted by molar-refractivity contribution is 8.02. The Labute approximate surface area is 167 Å². The molecule has 0 unspecified atom stereocenters. The predicted octanol–water partition coefficient (Wildman–Crippen LogP) is 4.36. The third-order valence-corrected chi connectivity index (χ3v) is 6.00. The Morgan fingerprint density at radius 3 is 2.19 bits per heavy atom. The Balaban J connectivity index is 1.72. The fourth-order valence-electron chi connectivity index (χ4n) is 2.59. The van der Waals surface area contributed by atoms with Gasteiger partial charge < -0.3 is 10.6 Å². The van der Waals surface area contributed by atoms with Gasteiger partial charge in [-0.1, -0.05) is 83.8 Å². The van der Waals surface area contributed by atoms with Crippen molar-refractivity contribution in [3.8, 4) is 0 Å². The minimum absolute atomic E-state index is 0.0297. The number of amides is 1. The molecule has 3 aromatic rings. The van der Waals surface area contributed by atoms with Crippen LogP contribution in [0.4, 0.5) is 5.13 Å². The third kappa shape index (κ3) is 5.30. The van der Waals surface area contributed by atoms with Crippen LogP contribution in [0.3, 0.4) is 0 Å². The first-order chi connectivity index (χ1) is 13.2. The maximum absolute atomic E-state index is 12.8. The zero-order valence-electron chi connectivity index (χ0n) is 15.3. The van der Waals surface area contributed by atoms with Gasteiger partial charge in [0.2, 0.25) is 11.0 Å². The first-order valence-electron chi connectivity index (χ1n) is 8.81. The van der Waals surface area contributed by atoms with Crippen LogP contribution < -0.4 is 10.6 Å². The van der Waals surface area contributed by atoms with Crippen molar-refractivity contribution >= 4 is 34.1 Å². The van der Waals surface area contributed by atoms with E-state index in [9.17, 15) is 4.79 Å². The molecule has 7 heteroatoms. The molecule has 27 heavy (non-hydrogen) atoms. The first-order valence-corrected chi connectivity index (χ1v) is 10.5. The molecule has 3 rings (SSSR count). The van der Waals surface area contributed by atoms with Crippen molar-refractivity contribution in [2.75, 3.05) is 11.9 Å². The number of nitrogens with zero attached hydrogens (tertiary/aromatic N) is 2. The average Bonchev–Trinajstić information content (AvgIpc) is 3.14. The molecular formula is C20H22N4OS2. The Kier molecular flexibility index (Phi) is 6.84. The number of nitrogens with one attached hydrogen (secondary N) is 2. The van der Waals surface area contributed by atoms with Gasteiger partial charge in [0, 0.05) is 6.54 Å². The standard InChI is InChI=1S/C20H22N4OS2/c1-3-21-19-23-24-20(27-19)26-14(2)18(25)22-17(15-10-6-4-7-11-15)16-12-8-5-9-13-16/h4-14,17H,3H2,1-2H3,(H,21,23)(H,22,25)/t14-/m0/s1. The van der Waals surface area contributed by atoms with Gasteiger partial charge in [0.1, 0.15) is 0 Å². The molecule has 0 bridgehead atoms. The molecular weight excluding hydrogens is 376 g/mol. The van der Waals surface area contributed by atoms with Gasteiger partial charge in [-0.25, -0.2) is 0 Å². The van der Waals surface area contributed by atoms with E-state index in [-0.39, 0.29) is 17.2 Å². The Bertz CT molecular complexity index is 815. The second-order valence-corrected chi connectivity index (χ2v) is 8.49. The molecule has 1 heterocycles. The van der Waals surface area contributed by atoms with Gasteiger partial charge in [-0.05, 0) is 25.0 Å². The summed E-state index contributed by atoms with van der Waals surface area (Å²) in [5.74, 6) is -0.0297. The number of benzene rings is 2. The number of hydrogen-bond donors (Lipinski definition) is 2. The molecule has 1 atom stereocenters.